The quantitative estimate of drug-likeness (QED) is 0.118. The van der Waals surface area contributed by atoms with E-state index in [-0.39, 0.29) is 53.4 Å². The number of allylic oxidation sites excluding steroid dienone is 2. The van der Waals surface area contributed by atoms with Crippen LogP contribution in [0.1, 0.15) is 56.7 Å². The van der Waals surface area contributed by atoms with Crippen molar-refractivity contribution in [2.75, 3.05) is 33.9 Å². The number of dihydropyridines is 1. The van der Waals surface area contributed by atoms with E-state index in [4.69, 9.17) is 18.9 Å². The molecule has 1 fully saturated rings. The molecule has 7 rings (SSSR count). The Morgan fingerprint density at radius 1 is 1.12 bits per heavy atom. The minimum atomic E-state index is -0.882. The number of esters is 2. The van der Waals surface area contributed by atoms with Crippen LogP contribution in [0.4, 0.5) is 5.69 Å². The minimum Gasteiger partial charge on any atom is -0.504 e. The van der Waals surface area contributed by atoms with Gasteiger partial charge in [0, 0.05) is 53.6 Å². The fourth-order valence-electron chi connectivity index (χ4n) is 8.50. The van der Waals surface area contributed by atoms with Gasteiger partial charge in [-0.05, 0) is 71.3 Å². The van der Waals surface area contributed by atoms with Crippen molar-refractivity contribution < 1.29 is 43.7 Å². The van der Waals surface area contributed by atoms with Crippen molar-refractivity contribution in [3.05, 3.63) is 97.9 Å². The van der Waals surface area contributed by atoms with Crippen LogP contribution in [0.25, 0.3) is 0 Å². The number of nitro benzene ring substituents is 1. The van der Waals surface area contributed by atoms with E-state index in [0.717, 1.165) is 19.4 Å². The second kappa shape index (κ2) is 14.1. The molecule has 2 aromatic carbocycles. The Morgan fingerprint density at radius 3 is 2.53 bits per heavy atom. The maximum absolute atomic E-state index is 12.9. The van der Waals surface area contributed by atoms with Gasteiger partial charge in [0.25, 0.3) is 5.69 Å². The van der Waals surface area contributed by atoms with E-state index in [0.29, 0.717) is 34.7 Å². The highest BCUT2D eigenvalue weighted by Gasteiger charge is 2.64. The van der Waals surface area contributed by atoms with Gasteiger partial charge >= 0.3 is 11.9 Å². The number of carbonyl (C=O) groups is 2. The first-order valence-corrected chi connectivity index (χ1v) is 17.2. The number of rotatable bonds is 8. The molecule has 1 saturated heterocycles. The number of piperidine rings is 1. The van der Waals surface area contributed by atoms with Crippen molar-refractivity contribution in [2.45, 2.75) is 76.2 Å². The van der Waals surface area contributed by atoms with Gasteiger partial charge in [-0.15, -0.1) is 0 Å². The Bertz CT molecular complexity index is 1830. The van der Waals surface area contributed by atoms with Crippen molar-refractivity contribution in [3.8, 4) is 11.5 Å². The number of likely N-dealkylation sites (N-methyl/N-ethyl adjacent to an activating group) is 1. The van der Waals surface area contributed by atoms with E-state index in [1.165, 1.54) is 36.4 Å². The van der Waals surface area contributed by atoms with Crippen molar-refractivity contribution in [2.24, 2.45) is 5.92 Å². The Kier molecular flexibility index (Phi) is 9.99. The highest BCUT2D eigenvalue weighted by atomic mass is 16.6. The molecule has 3 aliphatic heterocycles. The zero-order chi connectivity index (χ0) is 36.8. The van der Waals surface area contributed by atoms with E-state index in [2.05, 4.69) is 23.3 Å². The van der Waals surface area contributed by atoms with Crippen LogP contribution < -0.4 is 10.1 Å². The molecule has 2 aromatic rings. The van der Waals surface area contributed by atoms with Crippen molar-refractivity contribution in [1.29, 1.82) is 0 Å². The highest BCUT2D eigenvalue weighted by molar-refractivity contribution is 6.00. The molecule has 13 heteroatoms. The molecular formula is C38H45N3O10. The molecule has 0 aromatic heterocycles. The van der Waals surface area contributed by atoms with Gasteiger partial charge < -0.3 is 39.4 Å². The van der Waals surface area contributed by atoms with Gasteiger partial charge in [0.15, 0.2) is 11.5 Å². The molecule has 2 aliphatic carbocycles. The van der Waals surface area contributed by atoms with Crippen LogP contribution >= 0.6 is 0 Å². The smallest absolute Gasteiger partial charge is 0.337 e. The second-order valence-corrected chi connectivity index (χ2v) is 14.0. The molecule has 0 radical (unpaired) electrons. The van der Waals surface area contributed by atoms with E-state index < -0.39 is 28.9 Å². The molecule has 2 bridgehead atoms. The number of non-ortho nitro benzene ring substituents is 1. The van der Waals surface area contributed by atoms with Crippen LogP contribution in [-0.2, 0) is 35.6 Å². The lowest BCUT2D eigenvalue weighted by atomic mass is 9.53. The number of nitrogens with one attached hydrogen (secondary N) is 1. The van der Waals surface area contributed by atoms with Crippen molar-refractivity contribution in [3.63, 3.8) is 0 Å². The van der Waals surface area contributed by atoms with Crippen LogP contribution in [0, 0.1) is 16.0 Å². The number of phenols is 1. The van der Waals surface area contributed by atoms with Crippen molar-refractivity contribution in [1.82, 2.24) is 10.2 Å². The van der Waals surface area contributed by atoms with Gasteiger partial charge in [-0.3, -0.25) is 10.1 Å². The first-order valence-electron chi connectivity index (χ1n) is 17.2. The van der Waals surface area contributed by atoms with Crippen LogP contribution in [0.2, 0.25) is 0 Å². The molecule has 1 spiro atoms. The summed E-state index contributed by atoms with van der Waals surface area (Å²) < 4.78 is 21.7. The lowest BCUT2D eigenvalue weighted by molar-refractivity contribution is -0.384. The maximum atomic E-state index is 12.9. The normalized spacial score (nSPS) is 27.2. The predicted molar refractivity (Wildman–Crippen MR) is 186 cm³/mol. The third-order valence-corrected chi connectivity index (χ3v) is 10.6. The summed E-state index contributed by atoms with van der Waals surface area (Å²) in [7, 11) is 3.67. The maximum Gasteiger partial charge on any atom is 0.337 e. The average molecular weight is 704 g/mol. The van der Waals surface area contributed by atoms with Gasteiger partial charge in [-0.1, -0.05) is 30.4 Å². The third-order valence-electron chi connectivity index (χ3n) is 10.6. The predicted octanol–water partition coefficient (Wildman–Crippen LogP) is 4.17. The highest BCUT2D eigenvalue weighted by Crippen LogP contribution is 2.62. The zero-order valence-electron chi connectivity index (χ0n) is 29.7. The number of methoxy groups -OCH3 is 1. The Balaban J connectivity index is 0.000000185. The summed E-state index contributed by atoms with van der Waals surface area (Å²) in [4.78, 5) is 39.0. The number of aliphatic hydroxyl groups is 1. The van der Waals surface area contributed by atoms with Gasteiger partial charge in [0.05, 0.1) is 34.7 Å². The Hall–Kier alpha value is -4.72. The number of nitro groups is 1. The molecule has 0 saturated carbocycles. The molecule has 6 atom stereocenters. The first-order chi connectivity index (χ1) is 24.3. The number of nitrogens with zero attached hydrogens (tertiary/aromatic N) is 2. The van der Waals surface area contributed by atoms with Gasteiger partial charge in [-0.2, -0.15) is 0 Å². The van der Waals surface area contributed by atoms with E-state index in [1.807, 2.05) is 12.1 Å². The number of aromatic hydroxyl groups is 1. The average Bonchev–Trinajstić information content (AvgIpc) is 3.44. The second-order valence-electron chi connectivity index (χ2n) is 14.0. The summed E-state index contributed by atoms with van der Waals surface area (Å²) in [6.45, 7) is 8.06. The standard InChI is InChI=1S/C21H26N2O7.C17H19NO3/c1-12(2)30-21(25)18-14(4)22-13(3)17(20(24)29-10-9-28-5)19(18)15-7-6-8-16(11-15)23(26)27;1-18-7-6-17-10-3-5-13(20)16(17)21-15-12(19)4-2-9(14(15)17)8-11(10)18/h6-8,11-12,19,22H,9-10H2,1-5H3;2-5,10-11,13,16,19-20H,6-8H2,1H3/t;10-,11+,13-,16-,17-/m.0/s1. The summed E-state index contributed by atoms with van der Waals surface area (Å²) in [5, 5.41) is 35.0. The number of carbonyl (C=O) groups excluding carboxylic acids is 2. The van der Waals surface area contributed by atoms with Crippen LogP contribution in [0.5, 0.6) is 11.5 Å². The summed E-state index contributed by atoms with van der Waals surface area (Å²) in [5.41, 5.74) is 3.94. The molecule has 3 N–H and O–H groups in total. The number of hydrogen-bond donors (Lipinski definition) is 3. The molecule has 3 heterocycles. The lowest BCUT2D eigenvalue weighted by Gasteiger charge is -2.56. The van der Waals surface area contributed by atoms with Crippen LogP contribution in [0.15, 0.2) is 71.1 Å². The largest absolute Gasteiger partial charge is 0.504 e. The van der Waals surface area contributed by atoms with Crippen molar-refractivity contribution >= 4 is 17.6 Å². The number of aliphatic hydroxyl groups excluding tert-OH is 1. The lowest BCUT2D eigenvalue weighted by Crippen LogP contribution is -2.64. The van der Waals surface area contributed by atoms with E-state index >= 15 is 0 Å². The summed E-state index contributed by atoms with van der Waals surface area (Å²) in [5.74, 6) is -0.946. The molecule has 272 valence electrons. The van der Waals surface area contributed by atoms with Gasteiger partial charge in [0.1, 0.15) is 18.8 Å². The Labute approximate surface area is 296 Å². The number of benzene rings is 2. The number of hydrogen-bond acceptors (Lipinski definition) is 12. The first kappa shape index (κ1) is 36.1. The van der Waals surface area contributed by atoms with Crippen LogP contribution in [-0.4, -0.2) is 90.2 Å². The van der Waals surface area contributed by atoms with Crippen LogP contribution in [0.3, 0.4) is 0 Å². The van der Waals surface area contributed by atoms with E-state index in [1.54, 1.807) is 39.8 Å². The van der Waals surface area contributed by atoms with Gasteiger partial charge in [-0.25, -0.2) is 9.59 Å². The molecule has 1 unspecified atom stereocenters. The summed E-state index contributed by atoms with van der Waals surface area (Å²) >= 11 is 0. The number of phenolic OH excluding ortho intramolecular Hbond substituents is 1. The topological polar surface area (TPSA) is 170 Å². The zero-order valence-corrected chi connectivity index (χ0v) is 29.7. The molecule has 13 nitrogen and oxygen atoms in total. The minimum absolute atomic E-state index is 0.0300. The molecule has 0 amide bonds. The Morgan fingerprint density at radius 2 is 1.84 bits per heavy atom. The summed E-state index contributed by atoms with van der Waals surface area (Å²) in [6.07, 6.45) is 4.80. The van der Waals surface area contributed by atoms with E-state index in [9.17, 15) is 29.9 Å². The monoisotopic (exact) mass is 703 g/mol. The molecular weight excluding hydrogens is 658 g/mol. The number of likely N-dealkylation sites (tertiary alicyclic amines) is 1. The SMILES string of the molecule is CN1CC[C@]23c4c5ccc(O)c4O[C@H]2[C@@H](O)C=C[C@H]3[C@H]1C5.COCCOC(=O)C1=C(C)NC(C)=C(C(=O)OC(C)C)C1c1cccc([N+](=O)[O-])c1. The summed E-state index contributed by atoms with van der Waals surface area (Å²) in [6, 6.07) is 10.1. The fourth-order valence-corrected chi connectivity index (χ4v) is 8.50. The third kappa shape index (κ3) is 6.27. The van der Waals surface area contributed by atoms with Gasteiger partial charge in [0.2, 0.25) is 0 Å². The fraction of sp³-hybridized carbons (Fsp3) is 0.474. The number of ether oxygens (including phenoxy) is 4. The molecule has 5 aliphatic rings. The molecule has 51 heavy (non-hydrogen) atoms.